The van der Waals surface area contributed by atoms with E-state index in [1.54, 1.807) is 42.7 Å². The largest absolute Gasteiger partial charge is 0.454 e. The first kappa shape index (κ1) is 19.0. The fourth-order valence-corrected chi connectivity index (χ4v) is 3.21. The number of ether oxygens (including phenoxy) is 1. The van der Waals surface area contributed by atoms with Gasteiger partial charge in [0.25, 0.3) is 0 Å². The molecule has 29 heavy (non-hydrogen) atoms. The number of hydrogen-bond acceptors (Lipinski definition) is 5. The van der Waals surface area contributed by atoms with E-state index >= 15 is 0 Å². The summed E-state index contributed by atoms with van der Waals surface area (Å²) in [6, 6.07) is 19.6. The molecule has 0 spiro atoms. The summed E-state index contributed by atoms with van der Waals surface area (Å²) >= 11 is 3.33. The molecule has 0 atom stereocenters. The van der Waals surface area contributed by atoms with Crippen molar-refractivity contribution < 1.29 is 14.3 Å². The molecule has 5 nitrogen and oxygen atoms in total. The maximum absolute atomic E-state index is 12.8. The van der Waals surface area contributed by atoms with Crippen LogP contribution >= 0.6 is 15.9 Å². The van der Waals surface area contributed by atoms with Gasteiger partial charge in [-0.15, -0.1) is 0 Å². The fraction of sp³-hybridized carbons (Fsp3) is 0.0435. The van der Waals surface area contributed by atoms with E-state index in [2.05, 4.69) is 25.9 Å². The third-order valence-corrected chi connectivity index (χ3v) is 4.94. The third-order valence-electron chi connectivity index (χ3n) is 4.41. The van der Waals surface area contributed by atoms with Crippen molar-refractivity contribution in [3.05, 3.63) is 94.7 Å². The van der Waals surface area contributed by atoms with Crippen LogP contribution in [0.2, 0.25) is 0 Å². The van der Waals surface area contributed by atoms with E-state index in [0.29, 0.717) is 27.7 Å². The molecule has 0 radical (unpaired) electrons. The van der Waals surface area contributed by atoms with Gasteiger partial charge in [0, 0.05) is 33.4 Å². The number of ketones is 1. The number of aromatic nitrogens is 2. The van der Waals surface area contributed by atoms with Crippen LogP contribution in [-0.4, -0.2) is 28.3 Å². The predicted octanol–water partition coefficient (Wildman–Crippen LogP) is 5.10. The molecule has 2 aromatic carbocycles. The number of rotatable bonds is 5. The second-order valence-electron chi connectivity index (χ2n) is 6.31. The molecule has 0 saturated heterocycles. The molecular weight excluding hydrogens is 432 g/mol. The molecule has 0 N–H and O–H groups in total. The number of pyridine rings is 2. The van der Waals surface area contributed by atoms with Gasteiger partial charge in [-0.1, -0.05) is 46.3 Å². The summed E-state index contributed by atoms with van der Waals surface area (Å²) in [7, 11) is 0. The van der Waals surface area contributed by atoms with Crippen LogP contribution in [0.15, 0.2) is 83.6 Å². The first-order chi connectivity index (χ1) is 14.1. The molecule has 0 fully saturated rings. The molecule has 0 aliphatic carbocycles. The van der Waals surface area contributed by atoms with Gasteiger partial charge in [-0.3, -0.25) is 9.78 Å². The van der Waals surface area contributed by atoms with E-state index in [0.717, 1.165) is 10.0 Å². The molecule has 0 saturated carbocycles. The maximum Gasteiger partial charge on any atom is 0.339 e. The highest BCUT2D eigenvalue weighted by Gasteiger charge is 2.17. The van der Waals surface area contributed by atoms with E-state index in [-0.39, 0.29) is 12.4 Å². The van der Waals surface area contributed by atoms with Crippen LogP contribution in [0.1, 0.15) is 20.7 Å². The molecule has 6 heteroatoms. The first-order valence-corrected chi connectivity index (χ1v) is 9.67. The zero-order valence-electron chi connectivity index (χ0n) is 15.2. The summed E-state index contributed by atoms with van der Waals surface area (Å²) in [5, 5.41) is 0.673. The van der Waals surface area contributed by atoms with Crippen molar-refractivity contribution in [2.75, 3.05) is 6.61 Å². The number of esters is 1. The summed E-state index contributed by atoms with van der Waals surface area (Å²) in [5.41, 5.74) is 3.00. The quantitative estimate of drug-likeness (QED) is 0.315. The van der Waals surface area contributed by atoms with Crippen molar-refractivity contribution >= 4 is 38.6 Å². The van der Waals surface area contributed by atoms with Crippen LogP contribution in [0.3, 0.4) is 0 Å². The summed E-state index contributed by atoms with van der Waals surface area (Å²) in [4.78, 5) is 33.8. The van der Waals surface area contributed by atoms with Gasteiger partial charge in [-0.2, -0.15) is 0 Å². The maximum atomic E-state index is 12.8. The van der Waals surface area contributed by atoms with Crippen molar-refractivity contribution in [3.63, 3.8) is 0 Å². The van der Waals surface area contributed by atoms with Crippen LogP contribution in [0.25, 0.3) is 22.2 Å². The summed E-state index contributed by atoms with van der Waals surface area (Å²) in [5.74, 6) is -0.831. The van der Waals surface area contributed by atoms with Crippen LogP contribution in [0.4, 0.5) is 0 Å². The Balaban J connectivity index is 1.62. The highest BCUT2D eigenvalue weighted by atomic mass is 79.9. The lowest BCUT2D eigenvalue weighted by molar-refractivity contribution is 0.0476. The van der Waals surface area contributed by atoms with Gasteiger partial charge >= 0.3 is 5.97 Å². The number of Topliss-reactive ketones (excluding diaryl/α,β-unsaturated/α-hetero) is 1. The van der Waals surface area contributed by atoms with Crippen molar-refractivity contribution in [1.82, 2.24) is 9.97 Å². The summed E-state index contributed by atoms with van der Waals surface area (Å²) in [6.45, 7) is -0.332. The minimum atomic E-state index is -0.565. The minimum absolute atomic E-state index is 0.265. The van der Waals surface area contributed by atoms with Crippen molar-refractivity contribution in [1.29, 1.82) is 0 Å². The van der Waals surface area contributed by atoms with Gasteiger partial charge in [0.15, 0.2) is 12.4 Å². The van der Waals surface area contributed by atoms with Crippen molar-refractivity contribution in [2.45, 2.75) is 0 Å². The van der Waals surface area contributed by atoms with Gasteiger partial charge in [-0.05, 0) is 36.4 Å². The van der Waals surface area contributed by atoms with E-state index in [4.69, 9.17) is 4.74 Å². The Morgan fingerprint density at radius 1 is 0.931 bits per heavy atom. The molecule has 142 valence electrons. The van der Waals surface area contributed by atoms with Crippen molar-refractivity contribution in [2.24, 2.45) is 0 Å². The zero-order valence-corrected chi connectivity index (χ0v) is 16.8. The van der Waals surface area contributed by atoms with Crippen LogP contribution in [-0.2, 0) is 4.74 Å². The van der Waals surface area contributed by atoms with Gasteiger partial charge in [0.05, 0.1) is 16.8 Å². The third kappa shape index (κ3) is 4.22. The second-order valence-corrected chi connectivity index (χ2v) is 7.23. The summed E-state index contributed by atoms with van der Waals surface area (Å²) in [6.07, 6.45) is 3.34. The molecule has 4 rings (SSSR count). The Morgan fingerprint density at radius 3 is 2.41 bits per heavy atom. The van der Waals surface area contributed by atoms with Gasteiger partial charge in [-0.25, -0.2) is 9.78 Å². The Labute approximate surface area is 175 Å². The molecule has 0 aliphatic rings. The smallest absolute Gasteiger partial charge is 0.339 e. The van der Waals surface area contributed by atoms with E-state index in [9.17, 15) is 9.59 Å². The van der Waals surface area contributed by atoms with E-state index < -0.39 is 5.97 Å². The highest BCUT2D eigenvalue weighted by Crippen LogP contribution is 2.25. The number of carbonyl (C=O) groups excluding carboxylic acids is 2. The second kappa shape index (κ2) is 8.32. The SMILES string of the molecule is O=C(COC(=O)c1cc(-c2ccncc2)nc2ccccc12)c1ccc(Br)cc1. The normalized spacial score (nSPS) is 10.7. The Morgan fingerprint density at radius 2 is 1.66 bits per heavy atom. The number of fused-ring (bicyclic) bond motifs is 1. The molecule has 0 unspecified atom stereocenters. The molecule has 0 aliphatic heterocycles. The van der Waals surface area contributed by atoms with Gasteiger partial charge in [0.1, 0.15) is 0 Å². The Kier molecular flexibility index (Phi) is 5.44. The first-order valence-electron chi connectivity index (χ1n) is 8.88. The van der Waals surface area contributed by atoms with E-state index in [1.807, 2.05) is 36.4 Å². The molecule has 0 amide bonds. The topological polar surface area (TPSA) is 69.2 Å². The molecule has 4 aromatic rings. The zero-order chi connectivity index (χ0) is 20.2. The number of benzene rings is 2. The standard InChI is InChI=1S/C23H15BrN2O3/c24-17-7-5-16(6-8-17)22(27)14-29-23(28)19-13-21(15-9-11-25-12-10-15)26-20-4-2-1-3-18(19)20/h1-13H,14H2. The van der Waals surface area contributed by atoms with Crippen molar-refractivity contribution in [3.8, 4) is 11.3 Å². The van der Waals surface area contributed by atoms with E-state index in [1.165, 1.54) is 0 Å². The number of nitrogens with zero attached hydrogens (tertiary/aromatic N) is 2. The Bertz CT molecular complexity index is 1190. The Hall–Kier alpha value is -3.38. The fourth-order valence-electron chi connectivity index (χ4n) is 2.94. The molecule has 0 bridgehead atoms. The molecule has 2 heterocycles. The summed E-state index contributed by atoms with van der Waals surface area (Å²) < 4.78 is 6.21. The minimum Gasteiger partial charge on any atom is -0.454 e. The van der Waals surface area contributed by atoms with Gasteiger partial charge < -0.3 is 4.74 Å². The number of para-hydroxylation sites is 1. The average Bonchev–Trinajstić information content (AvgIpc) is 2.77. The lowest BCUT2D eigenvalue weighted by Gasteiger charge is -2.10. The lowest BCUT2D eigenvalue weighted by Crippen LogP contribution is -2.15. The number of carbonyl (C=O) groups is 2. The lowest BCUT2D eigenvalue weighted by atomic mass is 10.0. The van der Waals surface area contributed by atoms with Crippen LogP contribution in [0.5, 0.6) is 0 Å². The number of hydrogen-bond donors (Lipinski definition) is 0. The average molecular weight is 447 g/mol. The monoisotopic (exact) mass is 446 g/mol. The molecule has 2 aromatic heterocycles. The predicted molar refractivity (Wildman–Crippen MR) is 114 cm³/mol. The molecular formula is C23H15BrN2O3. The van der Waals surface area contributed by atoms with Crippen LogP contribution in [0, 0.1) is 0 Å². The van der Waals surface area contributed by atoms with Gasteiger partial charge in [0.2, 0.25) is 0 Å². The number of halogens is 1. The van der Waals surface area contributed by atoms with Crippen LogP contribution < -0.4 is 0 Å². The highest BCUT2D eigenvalue weighted by molar-refractivity contribution is 9.10.